The lowest BCUT2D eigenvalue weighted by Gasteiger charge is -2.32. The number of fused-ring (bicyclic) bond motifs is 1. The first kappa shape index (κ1) is 24.3. The summed E-state index contributed by atoms with van der Waals surface area (Å²) >= 11 is 0. The summed E-state index contributed by atoms with van der Waals surface area (Å²) < 4.78 is 33.0. The SMILES string of the molecule is COc1cccc(F)c1CN1CCC[C@@H](CC(=O)Cc2cc3c(cn2)C(c2ccc(F)cc2)=NC3)C1. The molecule has 0 unspecified atom stereocenters. The number of hydrogen-bond acceptors (Lipinski definition) is 5. The Balaban J connectivity index is 1.18. The number of Topliss-reactive ketones (excluding diaryl/α,β-unsaturated/α-hetero) is 1. The topological polar surface area (TPSA) is 54.8 Å². The zero-order valence-electron chi connectivity index (χ0n) is 20.3. The fourth-order valence-electron chi connectivity index (χ4n) is 5.26. The number of pyridine rings is 1. The van der Waals surface area contributed by atoms with E-state index in [9.17, 15) is 13.6 Å². The number of piperidine rings is 1. The minimum absolute atomic E-state index is 0.162. The maximum Gasteiger partial charge on any atom is 0.139 e. The smallest absolute Gasteiger partial charge is 0.139 e. The molecule has 0 N–H and O–H groups in total. The van der Waals surface area contributed by atoms with E-state index in [1.807, 2.05) is 6.07 Å². The molecule has 0 saturated carbocycles. The zero-order chi connectivity index (χ0) is 25.1. The summed E-state index contributed by atoms with van der Waals surface area (Å²) in [5.41, 5.74) is 4.95. The summed E-state index contributed by atoms with van der Waals surface area (Å²) in [6.45, 7) is 2.65. The van der Waals surface area contributed by atoms with E-state index in [2.05, 4.69) is 14.9 Å². The molecule has 2 aliphatic heterocycles. The summed E-state index contributed by atoms with van der Waals surface area (Å²) in [5.74, 6) is 0.421. The van der Waals surface area contributed by atoms with Crippen molar-refractivity contribution in [2.24, 2.45) is 10.9 Å². The summed E-state index contributed by atoms with van der Waals surface area (Å²) in [6, 6.07) is 13.1. The summed E-state index contributed by atoms with van der Waals surface area (Å²) in [6.07, 6.45) is 4.52. The Morgan fingerprint density at radius 2 is 2.00 bits per heavy atom. The second kappa shape index (κ2) is 10.7. The fourth-order valence-corrected chi connectivity index (χ4v) is 5.26. The number of methoxy groups -OCH3 is 1. The molecular weight excluding hydrogens is 460 g/mol. The molecule has 0 aliphatic carbocycles. The van der Waals surface area contributed by atoms with Crippen molar-refractivity contribution in [3.05, 3.63) is 94.3 Å². The average molecular weight is 490 g/mol. The van der Waals surface area contributed by atoms with E-state index in [0.29, 0.717) is 30.8 Å². The van der Waals surface area contributed by atoms with Crippen LogP contribution in [0.15, 0.2) is 59.7 Å². The van der Waals surface area contributed by atoms with Gasteiger partial charge in [0.15, 0.2) is 0 Å². The van der Waals surface area contributed by atoms with Crippen molar-refractivity contribution >= 4 is 11.5 Å². The first-order valence-electron chi connectivity index (χ1n) is 12.3. The van der Waals surface area contributed by atoms with Crippen molar-refractivity contribution < 1.29 is 18.3 Å². The molecule has 5 nitrogen and oxygen atoms in total. The Morgan fingerprint density at radius 3 is 2.81 bits per heavy atom. The molecule has 1 atom stereocenters. The van der Waals surface area contributed by atoms with Crippen molar-refractivity contribution in [2.75, 3.05) is 20.2 Å². The summed E-state index contributed by atoms with van der Waals surface area (Å²) in [5, 5.41) is 0. The van der Waals surface area contributed by atoms with Gasteiger partial charge in [0.1, 0.15) is 23.2 Å². The number of ether oxygens (including phenoxy) is 1. The van der Waals surface area contributed by atoms with Crippen LogP contribution in [0, 0.1) is 17.6 Å². The molecule has 7 heteroatoms. The van der Waals surface area contributed by atoms with Gasteiger partial charge in [-0.3, -0.25) is 19.7 Å². The number of carbonyl (C=O) groups excluding carboxylic acids is 1. The van der Waals surface area contributed by atoms with E-state index in [0.717, 1.165) is 54.0 Å². The van der Waals surface area contributed by atoms with Crippen LogP contribution in [0.4, 0.5) is 8.78 Å². The largest absolute Gasteiger partial charge is 0.496 e. The average Bonchev–Trinajstić information content (AvgIpc) is 3.29. The predicted octanol–water partition coefficient (Wildman–Crippen LogP) is 5.13. The fraction of sp³-hybridized carbons (Fsp3) is 0.345. The van der Waals surface area contributed by atoms with E-state index < -0.39 is 0 Å². The van der Waals surface area contributed by atoms with E-state index in [1.165, 1.54) is 18.2 Å². The number of aliphatic imine (C=N–C) groups is 1. The van der Waals surface area contributed by atoms with Crippen molar-refractivity contribution in [1.82, 2.24) is 9.88 Å². The molecule has 186 valence electrons. The molecule has 5 rings (SSSR count). The van der Waals surface area contributed by atoms with Gasteiger partial charge in [-0.05, 0) is 73.3 Å². The van der Waals surface area contributed by atoms with Gasteiger partial charge in [0.25, 0.3) is 0 Å². The van der Waals surface area contributed by atoms with E-state index in [-0.39, 0.29) is 29.8 Å². The first-order valence-corrected chi connectivity index (χ1v) is 12.3. The molecule has 1 fully saturated rings. The number of halogens is 2. The molecule has 2 aromatic carbocycles. The Kier molecular flexibility index (Phi) is 7.18. The molecule has 2 aliphatic rings. The molecule has 0 radical (unpaired) electrons. The molecule has 0 amide bonds. The van der Waals surface area contributed by atoms with Gasteiger partial charge < -0.3 is 4.74 Å². The highest BCUT2D eigenvalue weighted by Gasteiger charge is 2.25. The normalized spacial score (nSPS) is 17.5. The number of rotatable bonds is 8. The lowest BCUT2D eigenvalue weighted by atomic mass is 9.91. The maximum atomic E-state index is 14.4. The summed E-state index contributed by atoms with van der Waals surface area (Å²) in [7, 11) is 1.55. The number of benzene rings is 2. The van der Waals surface area contributed by atoms with Gasteiger partial charge in [0, 0.05) is 54.5 Å². The molecule has 3 heterocycles. The maximum absolute atomic E-state index is 14.4. The third kappa shape index (κ3) is 5.36. The van der Waals surface area contributed by atoms with Crippen molar-refractivity contribution in [1.29, 1.82) is 0 Å². The monoisotopic (exact) mass is 489 g/mol. The van der Waals surface area contributed by atoms with E-state index in [4.69, 9.17) is 4.74 Å². The second-order valence-electron chi connectivity index (χ2n) is 9.59. The van der Waals surface area contributed by atoms with Crippen LogP contribution in [0.1, 0.15) is 47.2 Å². The van der Waals surface area contributed by atoms with Crippen LogP contribution in [-0.4, -0.2) is 41.6 Å². The van der Waals surface area contributed by atoms with E-state index in [1.54, 1.807) is 37.6 Å². The molecule has 1 saturated heterocycles. The van der Waals surface area contributed by atoms with Gasteiger partial charge in [0.2, 0.25) is 0 Å². The van der Waals surface area contributed by atoms with Gasteiger partial charge in [-0.25, -0.2) is 8.78 Å². The highest BCUT2D eigenvalue weighted by atomic mass is 19.1. The lowest BCUT2D eigenvalue weighted by Crippen LogP contribution is -2.36. The third-order valence-electron chi connectivity index (χ3n) is 7.00. The zero-order valence-corrected chi connectivity index (χ0v) is 20.3. The minimum Gasteiger partial charge on any atom is -0.496 e. The predicted molar refractivity (Wildman–Crippen MR) is 134 cm³/mol. The van der Waals surface area contributed by atoms with Crippen LogP contribution in [-0.2, 0) is 24.3 Å². The van der Waals surface area contributed by atoms with Crippen LogP contribution in [0.25, 0.3) is 0 Å². The van der Waals surface area contributed by atoms with E-state index >= 15 is 0 Å². The highest BCUT2D eigenvalue weighted by molar-refractivity contribution is 6.15. The second-order valence-corrected chi connectivity index (χ2v) is 9.59. The number of hydrogen-bond donors (Lipinski definition) is 0. The molecule has 3 aromatic rings. The molecule has 36 heavy (non-hydrogen) atoms. The molecule has 0 spiro atoms. The number of likely N-dealkylation sites (tertiary alicyclic amines) is 1. The number of aromatic nitrogens is 1. The highest BCUT2D eigenvalue weighted by Crippen LogP contribution is 2.28. The standard InChI is InChI=1S/C29H29F2N3O2/c1-36-28-6-2-5-27(31)26(28)18-34-11-3-4-19(17-34)12-24(35)14-23-13-21-15-33-29(25(21)16-32-23)20-7-9-22(30)10-8-20/h2,5-10,13,16,19H,3-4,11-12,14-15,17-18H2,1H3/t19-/m0/s1. The Hall–Kier alpha value is -3.45. The van der Waals surface area contributed by atoms with Crippen LogP contribution in [0.5, 0.6) is 5.75 Å². The van der Waals surface area contributed by atoms with Crippen LogP contribution >= 0.6 is 0 Å². The van der Waals surface area contributed by atoms with Gasteiger partial charge >= 0.3 is 0 Å². The van der Waals surface area contributed by atoms with Crippen molar-refractivity contribution in [3.63, 3.8) is 0 Å². The van der Waals surface area contributed by atoms with Gasteiger partial charge in [-0.2, -0.15) is 0 Å². The Bertz CT molecular complexity index is 1290. The quantitative estimate of drug-likeness (QED) is 0.440. The van der Waals surface area contributed by atoms with Gasteiger partial charge in [-0.15, -0.1) is 0 Å². The van der Waals surface area contributed by atoms with Crippen LogP contribution in [0.3, 0.4) is 0 Å². The molecule has 1 aromatic heterocycles. The number of carbonyl (C=O) groups is 1. The number of nitrogens with zero attached hydrogens (tertiary/aromatic N) is 3. The summed E-state index contributed by atoms with van der Waals surface area (Å²) in [4.78, 5) is 24.3. The van der Waals surface area contributed by atoms with Gasteiger partial charge in [0.05, 0.1) is 19.4 Å². The Labute approximate surface area is 209 Å². The van der Waals surface area contributed by atoms with Crippen LogP contribution in [0.2, 0.25) is 0 Å². The van der Waals surface area contributed by atoms with Crippen molar-refractivity contribution in [2.45, 2.75) is 38.8 Å². The number of ketones is 1. The lowest BCUT2D eigenvalue weighted by molar-refractivity contribution is -0.119. The van der Waals surface area contributed by atoms with Crippen LogP contribution < -0.4 is 4.74 Å². The Morgan fingerprint density at radius 1 is 1.17 bits per heavy atom. The third-order valence-corrected chi connectivity index (χ3v) is 7.00. The van der Waals surface area contributed by atoms with Gasteiger partial charge in [-0.1, -0.05) is 6.07 Å². The minimum atomic E-state index is -0.280. The molecular formula is C29H29F2N3O2. The molecule has 0 bridgehead atoms. The first-order chi connectivity index (χ1) is 17.5. The van der Waals surface area contributed by atoms with Crippen molar-refractivity contribution in [3.8, 4) is 5.75 Å².